The maximum Gasteiger partial charge on any atom is 0.250 e. The van der Waals surface area contributed by atoms with Gasteiger partial charge in [0.2, 0.25) is 0 Å². The molecule has 1 saturated heterocycles. The molecule has 0 spiro atoms. The smallest absolute Gasteiger partial charge is 0.250 e. The molecule has 0 saturated carbocycles. The van der Waals surface area contributed by atoms with Crippen LogP contribution in [0.4, 0.5) is 0 Å². The molecule has 0 atom stereocenters. The molecule has 0 aromatic rings. The molecular formula is C9H12N2O2. The molecule has 2 rings (SSSR count). The zero-order chi connectivity index (χ0) is 9.26. The van der Waals surface area contributed by atoms with E-state index in [1.807, 2.05) is 6.08 Å². The Balaban J connectivity index is 2.33. The van der Waals surface area contributed by atoms with E-state index >= 15 is 0 Å². The fraction of sp³-hybridized carbons (Fsp3) is 0.444. The molecular weight excluding hydrogens is 168 g/mol. The van der Waals surface area contributed by atoms with Crippen molar-refractivity contribution in [2.24, 2.45) is 5.73 Å². The van der Waals surface area contributed by atoms with Gasteiger partial charge in [-0.25, -0.2) is 0 Å². The van der Waals surface area contributed by atoms with E-state index in [0.717, 1.165) is 25.4 Å². The van der Waals surface area contributed by atoms with Crippen LogP contribution in [-0.4, -0.2) is 37.1 Å². The summed E-state index contributed by atoms with van der Waals surface area (Å²) >= 11 is 0. The molecule has 0 bridgehead atoms. The van der Waals surface area contributed by atoms with Gasteiger partial charge in [0.05, 0.1) is 24.5 Å². The third kappa shape index (κ3) is 1.45. The van der Waals surface area contributed by atoms with Crippen molar-refractivity contribution in [3.05, 3.63) is 23.4 Å². The third-order valence-electron chi connectivity index (χ3n) is 2.31. The van der Waals surface area contributed by atoms with Crippen molar-refractivity contribution in [2.75, 3.05) is 26.3 Å². The van der Waals surface area contributed by atoms with E-state index in [4.69, 9.17) is 10.5 Å². The number of ether oxygens (including phenoxy) is 1. The van der Waals surface area contributed by atoms with Crippen molar-refractivity contribution in [3.63, 3.8) is 0 Å². The van der Waals surface area contributed by atoms with Crippen molar-refractivity contribution in [1.82, 2.24) is 4.90 Å². The fourth-order valence-electron chi connectivity index (χ4n) is 1.64. The van der Waals surface area contributed by atoms with E-state index < -0.39 is 0 Å². The molecule has 2 aliphatic rings. The first-order chi connectivity index (χ1) is 6.29. The second kappa shape index (κ2) is 3.22. The summed E-state index contributed by atoms with van der Waals surface area (Å²) in [5.41, 5.74) is 6.76. The summed E-state index contributed by atoms with van der Waals surface area (Å²) in [7, 11) is 0. The first-order valence-corrected chi connectivity index (χ1v) is 4.31. The van der Waals surface area contributed by atoms with Gasteiger partial charge in [-0.2, -0.15) is 0 Å². The average molecular weight is 180 g/mol. The Morgan fingerprint density at radius 3 is 3.23 bits per heavy atom. The zero-order valence-electron chi connectivity index (χ0n) is 7.32. The molecule has 4 heteroatoms. The SMILES string of the molecule is NC(=O)C1=C2COCCN2CC=C1. The van der Waals surface area contributed by atoms with Gasteiger partial charge in [-0.3, -0.25) is 4.79 Å². The van der Waals surface area contributed by atoms with Crippen LogP contribution in [0, 0.1) is 0 Å². The van der Waals surface area contributed by atoms with Crippen LogP contribution in [0.5, 0.6) is 0 Å². The number of hydrogen-bond donors (Lipinski definition) is 1. The molecule has 2 heterocycles. The van der Waals surface area contributed by atoms with Crippen LogP contribution in [0.25, 0.3) is 0 Å². The van der Waals surface area contributed by atoms with E-state index in [1.54, 1.807) is 6.08 Å². The van der Waals surface area contributed by atoms with E-state index in [-0.39, 0.29) is 5.91 Å². The molecule has 1 fully saturated rings. The number of rotatable bonds is 1. The Labute approximate surface area is 76.6 Å². The van der Waals surface area contributed by atoms with Crippen LogP contribution in [0.1, 0.15) is 0 Å². The summed E-state index contributed by atoms with van der Waals surface area (Å²) in [6, 6.07) is 0. The van der Waals surface area contributed by atoms with Crippen LogP contribution >= 0.6 is 0 Å². The van der Waals surface area contributed by atoms with Crippen LogP contribution in [0.3, 0.4) is 0 Å². The maximum absolute atomic E-state index is 11.0. The van der Waals surface area contributed by atoms with Crippen molar-refractivity contribution >= 4 is 5.91 Å². The number of primary amides is 1. The van der Waals surface area contributed by atoms with Gasteiger partial charge < -0.3 is 15.4 Å². The highest BCUT2D eigenvalue weighted by molar-refractivity contribution is 5.95. The van der Waals surface area contributed by atoms with Gasteiger partial charge in [-0.15, -0.1) is 0 Å². The quantitative estimate of drug-likeness (QED) is 0.599. The minimum atomic E-state index is -0.374. The van der Waals surface area contributed by atoms with Gasteiger partial charge in [-0.05, 0) is 6.08 Å². The molecule has 13 heavy (non-hydrogen) atoms. The molecule has 0 radical (unpaired) electrons. The summed E-state index contributed by atoms with van der Waals surface area (Å²) in [5, 5.41) is 0. The van der Waals surface area contributed by atoms with Gasteiger partial charge in [-0.1, -0.05) is 6.08 Å². The van der Waals surface area contributed by atoms with Crippen molar-refractivity contribution in [3.8, 4) is 0 Å². The predicted molar refractivity (Wildman–Crippen MR) is 47.8 cm³/mol. The number of fused-ring (bicyclic) bond motifs is 1. The molecule has 0 aromatic carbocycles. The Kier molecular flexibility index (Phi) is 2.06. The Bertz CT molecular complexity index is 294. The summed E-state index contributed by atoms with van der Waals surface area (Å²) in [6.45, 7) is 2.93. The molecule has 2 N–H and O–H groups in total. The van der Waals surface area contributed by atoms with Crippen LogP contribution in [0.15, 0.2) is 23.4 Å². The highest BCUT2D eigenvalue weighted by Crippen LogP contribution is 2.19. The molecule has 4 nitrogen and oxygen atoms in total. The number of carbonyl (C=O) groups is 1. The van der Waals surface area contributed by atoms with Crippen molar-refractivity contribution in [1.29, 1.82) is 0 Å². The monoisotopic (exact) mass is 180 g/mol. The first-order valence-electron chi connectivity index (χ1n) is 4.31. The number of hydrogen-bond acceptors (Lipinski definition) is 3. The number of carbonyl (C=O) groups excluding carboxylic acids is 1. The van der Waals surface area contributed by atoms with Gasteiger partial charge in [0.25, 0.3) is 5.91 Å². The van der Waals surface area contributed by atoms with Crippen LogP contribution < -0.4 is 5.73 Å². The average Bonchev–Trinajstić information content (AvgIpc) is 2.17. The van der Waals surface area contributed by atoms with Gasteiger partial charge >= 0.3 is 0 Å². The van der Waals surface area contributed by atoms with Crippen LogP contribution in [0.2, 0.25) is 0 Å². The zero-order valence-corrected chi connectivity index (χ0v) is 7.32. The lowest BCUT2D eigenvalue weighted by Crippen LogP contribution is -2.38. The van der Waals surface area contributed by atoms with E-state index in [1.165, 1.54) is 0 Å². The summed E-state index contributed by atoms with van der Waals surface area (Å²) in [4.78, 5) is 13.2. The van der Waals surface area contributed by atoms with Gasteiger partial charge in [0, 0.05) is 13.1 Å². The topological polar surface area (TPSA) is 55.6 Å². The lowest BCUT2D eigenvalue weighted by Gasteiger charge is -2.33. The normalized spacial score (nSPS) is 21.7. The minimum absolute atomic E-state index is 0.374. The lowest BCUT2D eigenvalue weighted by molar-refractivity contribution is -0.114. The summed E-state index contributed by atoms with van der Waals surface area (Å²) < 4.78 is 5.28. The number of nitrogens with zero attached hydrogens (tertiary/aromatic N) is 1. The largest absolute Gasteiger partial charge is 0.373 e. The van der Waals surface area contributed by atoms with E-state index in [0.29, 0.717) is 12.2 Å². The van der Waals surface area contributed by atoms with Crippen molar-refractivity contribution in [2.45, 2.75) is 0 Å². The first kappa shape index (κ1) is 8.31. The predicted octanol–water partition coefficient (Wildman–Crippen LogP) is -0.372. The lowest BCUT2D eigenvalue weighted by atomic mass is 10.1. The van der Waals surface area contributed by atoms with Gasteiger partial charge in [0.1, 0.15) is 0 Å². The van der Waals surface area contributed by atoms with E-state index in [9.17, 15) is 4.79 Å². The van der Waals surface area contributed by atoms with Crippen molar-refractivity contribution < 1.29 is 9.53 Å². The second-order valence-corrected chi connectivity index (χ2v) is 3.13. The number of nitrogens with two attached hydrogens (primary N) is 1. The Morgan fingerprint density at radius 1 is 1.62 bits per heavy atom. The molecule has 1 amide bonds. The molecule has 0 aromatic heterocycles. The highest BCUT2D eigenvalue weighted by atomic mass is 16.5. The summed E-state index contributed by atoms with van der Waals surface area (Å²) in [5.74, 6) is -0.374. The molecule has 2 aliphatic heterocycles. The standard InChI is InChI=1S/C9H12N2O2/c10-9(12)7-2-1-3-11-4-5-13-6-8(7)11/h1-2H,3-6H2,(H2,10,12). The minimum Gasteiger partial charge on any atom is -0.373 e. The summed E-state index contributed by atoms with van der Waals surface area (Å²) in [6.07, 6.45) is 3.73. The molecule has 0 aliphatic carbocycles. The highest BCUT2D eigenvalue weighted by Gasteiger charge is 2.22. The fourth-order valence-corrected chi connectivity index (χ4v) is 1.64. The maximum atomic E-state index is 11.0. The van der Waals surface area contributed by atoms with E-state index in [2.05, 4.69) is 4.90 Å². The Morgan fingerprint density at radius 2 is 2.46 bits per heavy atom. The Hall–Kier alpha value is -1.29. The van der Waals surface area contributed by atoms with Crippen LogP contribution in [-0.2, 0) is 9.53 Å². The number of morpholine rings is 1. The third-order valence-corrected chi connectivity index (χ3v) is 2.31. The molecule has 0 unspecified atom stereocenters. The number of amides is 1. The van der Waals surface area contributed by atoms with Gasteiger partial charge in [0.15, 0.2) is 0 Å². The second-order valence-electron chi connectivity index (χ2n) is 3.13. The molecule has 70 valence electrons.